The van der Waals surface area contributed by atoms with E-state index in [0.717, 1.165) is 38.6 Å². The molecule has 6 rings (SSSR count). The van der Waals surface area contributed by atoms with Gasteiger partial charge in [0, 0.05) is 29.7 Å². The fourth-order valence-corrected chi connectivity index (χ4v) is 4.45. The average molecular weight is 725 g/mol. The third-order valence-electron chi connectivity index (χ3n) is 6.26. The molecule has 0 fully saturated rings. The quantitative estimate of drug-likeness (QED) is 0.127. The summed E-state index contributed by atoms with van der Waals surface area (Å²) >= 11 is 0. The van der Waals surface area contributed by atoms with Gasteiger partial charge >= 0.3 is 27.2 Å². The molecule has 0 saturated heterocycles. The molecule has 40 heavy (non-hydrogen) atoms. The molecule has 0 unspecified atom stereocenters. The number of hydrogen-bond acceptors (Lipinski definition) is 6. The van der Waals surface area contributed by atoms with Gasteiger partial charge in [-0.15, -0.1) is 0 Å². The van der Waals surface area contributed by atoms with Crippen LogP contribution in [0.15, 0.2) is 48.9 Å². The van der Waals surface area contributed by atoms with Crippen molar-refractivity contribution < 1.29 is 34.2 Å². The zero-order chi connectivity index (χ0) is 28.2. The number of pyridine rings is 1. The van der Waals surface area contributed by atoms with Gasteiger partial charge in [-0.25, -0.2) is 0 Å². The minimum absolute atomic E-state index is 0. The summed E-state index contributed by atoms with van der Waals surface area (Å²) in [6.45, 7) is 12.4. The van der Waals surface area contributed by atoms with Gasteiger partial charge in [-0.1, -0.05) is 70.6 Å². The van der Waals surface area contributed by atoms with Crippen LogP contribution in [0.3, 0.4) is 0 Å². The molecule has 0 spiro atoms. The molecule has 6 aromatic rings. The average Bonchev–Trinajstić information content (AvgIpc) is 3.33. The normalized spacial score (nSPS) is 12.4. The van der Waals surface area contributed by atoms with Crippen LogP contribution >= 0.6 is 0 Å². The summed E-state index contributed by atoms with van der Waals surface area (Å²) in [7, 11) is 0. The summed E-state index contributed by atoms with van der Waals surface area (Å²) < 4.78 is 38.4. The van der Waals surface area contributed by atoms with Crippen LogP contribution in [0.25, 0.3) is 43.7 Å². The number of aromatic nitrogens is 7. The number of halogens is 3. The fraction of sp³-hybridized carbons (Fsp3) is 0.310. The summed E-state index contributed by atoms with van der Waals surface area (Å²) in [5.74, 6) is -1.19. The minimum atomic E-state index is -4.59. The number of benzene rings is 2. The topological polar surface area (TPSA) is 91.4 Å². The largest absolute Gasteiger partial charge is 2.00 e. The van der Waals surface area contributed by atoms with E-state index in [0.29, 0.717) is 10.9 Å². The third-order valence-corrected chi connectivity index (χ3v) is 6.26. The molecule has 11 heteroatoms. The second kappa shape index (κ2) is 10.5. The van der Waals surface area contributed by atoms with Crippen molar-refractivity contribution >= 4 is 43.7 Å². The van der Waals surface area contributed by atoms with E-state index in [1.165, 1.54) is 0 Å². The minimum Gasteiger partial charge on any atom is -0.573 e. The molecular weight excluding hydrogens is 698 g/mol. The molecule has 2 aromatic carbocycles. The van der Waals surface area contributed by atoms with Crippen molar-refractivity contribution in [3.8, 4) is 0 Å². The standard InChI is InChI=1S/C16H13F3N3.C13H13N4.Pt/c1-15(2,3)11-7-12-10(13-9(11)5-4-6-20-13)8-21-14(22-12)16(17,18)19;1-13(2,3)12-8-4-5-9-11(10(8)16-17-12)15-7-6-14-9;/h4-7H,1-3H3;4-7H,1-3H3;/q2*-1;+2. The van der Waals surface area contributed by atoms with Gasteiger partial charge in [0.25, 0.3) is 0 Å². The van der Waals surface area contributed by atoms with Crippen LogP contribution in [0.5, 0.6) is 0 Å². The number of fused-ring (bicyclic) bond motifs is 6. The number of nitrogens with zero attached hydrogens (tertiary/aromatic N) is 7. The maximum Gasteiger partial charge on any atom is 2.00 e. The van der Waals surface area contributed by atoms with Crippen molar-refractivity contribution in [1.29, 1.82) is 0 Å². The molecule has 0 bridgehead atoms. The van der Waals surface area contributed by atoms with Crippen LogP contribution in [0, 0.1) is 6.20 Å². The maximum absolute atomic E-state index is 12.8. The summed E-state index contributed by atoms with van der Waals surface area (Å²) in [6.07, 6.45) is 2.84. The first-order valence-electron chi connectivity index (χ1n) is 12.3. The first kappa shape index (κ1) is 29.5. The Kier molecular flexibility index (Phi) is 7.71. The van der Waals surface area contributed by atoms with E-state index in [4.69, 9.17) is 0 Å². The van der Waals surface area contributed by atoms with Crippen LogP contribution in [-0.4, -0.2) is 30.0 Å². The van der Waals surface area contributed by atoms with E-state index in [-0.39, 0.29) is 37.4 Å². The molecule has 0 aliphatic carbocycles. The zero-order valence-electron chi connectivity index (χ0n) is 22.7. The molecule has 0 atom stereocenters. The summed E-state index contributed by atoms with van der Waals surface area (Å²) in [6, 6.07) is 9.38. The zero-order valence-corrected chi connectivity index (χ0v) is 25.0. The molecular formula is C29H26F3N7Pt. The third kappa shape index (κ3) is 5.55. The predicted molar refractivity (Wildman–Crippen MR) is 144 cm³/mol. The van der Waals surface area contributed by atoms with Gasteiger partial charge in [-0.2, -0.15) is 13.2 Å². The van der Waals surface area contributed by atoms with Gasteiger partial charge in [0.1, 0.15) is 5.82 Å². The molecule has 208 valence electrons. The smallest absolute Gasteiger partial charge is 0.573 e. The van der Waals surface area contributed by atoms with Crippen molar-refractivity contribution in [2.45, 2.75) is 58.5 Å². The molecule has 7 nitrogen and oxygen atoms in total. The van der Waals surface area contributed by atoms with Crippen LogP contribution in [0.2, 0.25) is 0 Å². The molecule has 0 aliphatic rings. The Hall–Kier alpha value is -3.52. The Balaban J connectivity index is 0.000000186. The molecule has 0 amide bonds. The van der Waals surface area contributed by atoms with Gasteiger partial charge in [0.2, 0.25) is 0 Å². The van der Waals surface area contributed by atoms with Gasteiger partial charge in [0.05, 0.1) is 11.0 Å². The van der Waals surface area contributed by atoms with E-state index in [1.807, 2.05) is 39.0 Å². The SMILES string of the molecule is CC(C)(C)c1cc2nc(C(F)(F)F)n[c-]c2c2ncccc12.CC(C)(C)c1n[n-]c2c1ccc1nccnc12.[Pt+2]. The Morgan fingerprint density at radius 3 is 2.15 bits per heavy atom. The van der Waals surface area contributed by atoms with Crippen LogP contribution in [0.1, 0.15) is 58.6 Å². The Labute approximate surface area is 243 Å². The fourth-order valence-electron chi connectivity index (χ4n) is 4.45. The maximum atomic E-state index is 12.8. The Morgan fingerprint density at radius 1 is 0.775 bits per heavy atom. The Bertz CT molecular complexity index is 1830. The second-order valence-corrected chi connectivity index (χ2v) is 11.3. The van der Waals surface area contributed by atoms with E-state index in [9.17, 15) is 13.2 Å². The van der Waals surface area contributed by atoms with Crippen molar-refractivity contribution in [3.05, 3.63) is 72.2 Å². The molecule has 4 heterocycles. The molecule has 0 saturated carbocycles. The van der Waals surface area contributed by atoms with E-state index < -0.39 is 12.0 Å². The monoisotopic (exact) mass is 724 g/mol. The van der Waals surface area contributed by atoms with Gasteiger partial charge in [-0.3, -0.25) is 9.97 Å². The van der Waals surface area contributed by atoms with E-state index in [1.54, 1.807) is 30.7 Å². The van der Waals surface area contributed by atoms with Crippen LogP contribution < -0.4 is 5.10 Å². The van der Waals surface area contributed by atoms with Gasteiger partial charge < -0.3 is 25.1 Å². The summed E-state index contributed by atoms with van der Waals surface area (Å²) in [4.78, 5) is 19.9. The van der Waals surface area contributed by atoms with Crippen molar-refractivity contribution in [2.75, 3.05) is 0 Å². The number of rotatable bonds is 0. The van der Waals surface area contributed by atoms with Crippen molar-refractivity contribution in [2.24, 2.45) is 0 Å². The van der Waals surface area contributed by atoms with Crippen LogP contribution in [-0.2, 0) is 38.1 Å². The van der Waals surface area contributed by atoms with E-state index >= 15 is 0 Å². The van der Waals surface area contributed by atoms with Gasteiger partial charge in [-0.05, 0) is 51.1 Å². The van der Waals surface area contributed by atoms with Crippen molar-refractivity contribution in [3.63, 3.8) is 0 Å². The van der Waals surface area contributed by atoms with E-state index in [2.05, 4.69) is 62.1 Å². The second-order valence-electron chi connectivity index (χ2n) is 11.3. The first-order valence-corrected chi connectivity index (χ1v) is 12.3. The predicted octanol–water partition coefficient (Wildman–Crippen LogP) is 6.72. The molecule has 4 aromatic heterocycles. The first-order chi connectivity index (χ1) is 18.2. The molecule has 0 aliphatic heterocycles. The summed E-state index contributed by atoms with van der Waals surface area (Å²) in [5, 5.41) is 10.9. The Morgan fingerprint density at radius 2 is 1.48 bits per heavy atom. The van der Waals surface area contributed by atoms with Gasteiger partial charge in [0.15, 0.2) is 0 Å². The number of alkyl halides is 3. The summed E-state index contributed by atoms with van der Waals surface area (Å²) in [5.41, 5.74) is 4.96. The van der Waals surface area contributed by atoms with Crippen molar-refractivity contribution in [1.82, 2.24) is 35.1 Å². The molecule has 0 radical (unpaired) electrons. The molecule has 0 N–H and O–H groups in total. The number of hydrogen-bond donors (Lipinski definition) is 0. The van der Waals surface area contributed by atoms with Crippen LogP contribution in [0.4, 0.5) is 13.2 Å².